The van der Waals surface area contributed by atoms with Gasteiger partial charge in [0.1, 0.15) is 5.75 Å². The SMILES string of the molecule is CCCNCc1sc(CCOc2ccccc2)nc1C. The number of hydrogen-bond donors (Lipinski definition) is 1. The highest BCUT2D eigenvalue weighted by atomic mass is 32.1. The molecule has 1 aromatic heterocycles. The van der Waals surface area contributed by atoms with Crippen molar-refractivity contribution in [2.24, 2.45) is 0 Å². The van der Waals surface area contributed by atoms with Gasteiger partial charge in [0.2, 0.25) is 0 Å². The Balaban J connectivity index is 1.80. The van der Waals surface area contributed by atoms with Crippen molar-refractivity contribution in [3.05, 3.63) is 45.9 Å². The Bertz CT molecular complexity index is 510. The van der Waals surface area contributed by atoms with Crippen LogP contribution < -0.4 is 10.1 Å². The zero-order valence-corrected chi connectivity index (χ0v) is 13.0. The van der Waals surface area contributed by atoms with Gasteiger partial charge in [0.15, 0.2) is 0 Å². The molecule has 0 fully saturated rings. The van der Waals surface area contributed by atoms with E-state index in [2.05, 4.69) is 24.1 Å². The average Bonchev–Trinajstić information content (AvgIpc) is 2.81. The van der Waals surface area contributed by atoms with E-state index in [1.54, 1.807) is 11.3 Å². The minimum Gasteiger partial charge on any atom is -0.493 e. The van der Waals surface area contributed by atoms with Crippen LogP contribution in [0.5, 0.6) is 5.75 Å². The van der Waals surface area contributed by atoms with Crippen molar-refractivity contribution < 1.29 is 4.74 Å². The molecule has 108 valence electrons. The Morgan fingerprint density at radius 2 is 2.05 bits per heavy atom. The number of ether oxygens (including phenoxy) is 1. The van der Waals surface area contributed by atoms with Crippen molar-refractivity contribution >= 4 is 11.3 Å². The molecular weight excluding hydrogens is 268 g/mol. The van der Waals surface area contributed by atoms with Crippen molar-refractivity contribution in [3.8, 4) is 5.75 Å². The Hall–Kier alpha value is -1.39. The van der Waals surface area contributed by atoms with Crippen LogP contribution in [0, 0.1) is 6.92 Å². The Labute approximate surface area is 125 Å². The summed E-state index contributed by atoms with van der Waals surface area (Å²) in [6.45, 7) is 6.93. The Kier molecular flexibility index (Phi) is 6.02. The monoisotopic (exact) mass is 290 g/mol. The molecule has 1 N–H and O–H groups in total. The van der Waals surface area contributed by atoms with Crippen LogP contribution in [-0.2, 0) is 13.0 Å². The van der Waals surface area contributed by atoms with Gasteiger partial charge in [-0.15, -0.1) is 11.3 Å². The highest BCUT2D eigenvalue weighted by Crippen LogP contribution is 2.19. The lowest BCUT2D eigenvalue weighted by atomic mass is 10.3. The maximum atomic E-state index is 5.71. The van der Waals surface area contributed by atoms with Gasteiger partial charge in [-0.05, 0) is 32.0 Å². The van der Waals surface area contributed by atoms with Gasteiger partial charge >= 0.3 is 0 Å². The molecule has 0 saturated heterocycles. The highest BCUT2D eigenvalue weighted by molar-refractivity contribution is 7.11. The molecule has 1 heterocycles. The van der Waals surface area contributed by atoms with E-state index in [-0.39, 0.29) is 0 Å². The molecule has 4 heteroatoms. The number of para-hydroxylation sites is 1. The van der Waals surface area contributed by atoms with Gasteiger partial charge in [0, 0.05) is 17.8 Å². The summed E-state index contributed by atoms with van der Waals surface area (Å²) in [5.74, 6) is 0.922. The minimum absolute atomic E-state index is 0.679. The van der Waals surface area contributed by atoms with Crippen LogP contribution in [-0.4, -0.2) is 18.1 Å². The first-order chi connectivity index (χ1) is 9.79. The predicted octanol–water partition coefficient (Wildman–Crippen LogP) is 3.57. The fourth-order valence-electron chi connectivity index (χ4n) is 1.91. The Morgan fingerprint density at radius 3 is 2.80 bits per heavy atom. The van der Waals surface area contributed by atoms with Crippen molar-refractivity contribution in [2.75, 3.05) is 13.2 Å². The lowest BCUT2D eigenvalue weighted by Gasteiger charge is -2.03. The molecule has 1 aromatic carbocycles. The lowest BCUT2D eigenvalue weighted by molar-refractivity contribution is 0.321. The van der Waals surface area contributed by atoms with Gasteiger partial charge in [0.05, 0.1) is 17.3 Å². The smallest absolute Gasteiger partial charge is 0.119 e. The number of nitrogens with zero attached hydrogens (tertiary/aromatic N) is 1. The quantitative estimate of drug-likeness (QED) is 0.755. The van der Waals surface area contributed by atoms with E-state index in [4.69, 9.17) is 4.74 Å². The zero-order valence-electron chi connectivity index (χ0n) is 12.2. The molecular formula is C16H22N2OS. The molecule has 0 aliphatic rings. The number of aromatic nitrogens is 1. The molecule has 0 radical (unpaired) electrons. The van der Waals surface area contributed by atoms with Crippen LogP contribution >= 0.6 is 11.3 Å². The molecule has 20 heavy (non-hydrogen) atoms. The standard InChI is InChI=1S/C16H22N2OS/c1-3-10-17-12-15-13(2)18-16(20-15)9-11-19-14-7-5-4-6-8-14/h4-8,17H,3,9-12H2,1-2H3. The second-order valence-electron chi connectivity index (χ2n) is 4.70. The van der Waals surface area contributed by atoms with Crippen LogP contribution in [0.1, 0.15) is 28.9 Å². The topological polar surface area (TPSA) is 34.1 Å². The van der Waals surface area contributed by atoms with Crippen molar-refractivity contribution in [2.45, 2.75) is 33.2 Å². The van der Waals surface area contributed by atoms with E-state index in [1.165, 1.54) is 4.88 Å². The number of rotatable bonds is 8. The normalized spacial score (nSPS) is 10.7. The summed E-state index contributed by atoms with van der Waals surface area (Å²) >= 11 is 1.79. The van der Waals surface area contributed by atoms with E-state index in [9.17, 15) is 0 Å². The fourth-order valence-corrected chi connectivity index (χ4v) is 2.93. The molecule has 2 rings (SSSR count). The molecule has 0 amide bonds. The molecule has 0 saturated carbocycles. The van der Waals surface area contributed by atoms with Gasteiger partial charge in [-0.1, -0.05) is 25.1 Å². The van der Waals surface area contributed by atoms with E-state index in [1.807, 2.05) is 30.3 Å². The summed E-state index contributed by atoms with van der Waals surface area (Å²) in [5.41, 5.74) is 1.15. The maximum absolute atomic E-state index is 5.71. The van der Waals surface area contributed by atoms with Crippen LogP contribution in [0.2, 0.25) is 0 Å². The third-order valence-corrected chi connectivity index (χ3v) is 4.19. The van der Waals surface area contributed by atoms with E-state index in [0.29, 0.717) is 6.61 Å². The molecule has 0 aliphatic carbocycles. The first-order valence-electron chi connectivity index (χ1n) is 7.13. The number of thiazole rings is 1. The molecule has 0 bridgehead atoms. The highest BCUT2D eigenvalue weighted by Gasteiger charge is 2.07. The lowest BCUT2D eigenvalue weighted by Crippen LogP contribution is -2.13. The third kappa shape index (κ3) is 4.62. The number of hydrogen-bond acceptors (Lipinski definition) is 4. The van der Waals surface area contributed by atoms with Crippen molar-refractivity contribution in [1.82, 2.24) is 10.3 Å². The van der Waals surface area contributed by atoms with Crippen molar-refractivity contribution in [3.63, 3.8) is 0 Å². The van der Waals surface area contributed by atoms with Gasteiger partial charge in [-0.2, -0.15) is 0 Å². The summed E-state index contributed by atoms with van der Waals surface area (Å²) in [7, 11) is 0. The van der Waals surface area contributed by atoms with E-state index in [0.717, 1.165) is 42.4 Å². The first kappa shape index (κ1) is 15.0. The molecule has 0 atom stereocenters. The molecule has 2 aromatic rings. The molecule has 0 aliphatic heterocycles. The summed E-state index contributed by atoms with van der Waals surface area (Å²) in [4.78, 5) is 5.96. The summed E-state index contributed by atoms with van der Waals surface area (Å²) in [6.07, 6.45) is 2.03. The average molecular weight is 290 g/mol. The van der Waals surface area contributed by atoms with Crippen LogP contribution in [0.3, 0.4) is 0 Å². The molecule has 0 unspecified atom stereocenters. The molecule has 0 spiro atoms. The number of aryl methyl sites for hydroxylation is 1. The molecule has 3 nitrogen and oxygen atoms in total. The Morgan fingerprint density at radius 1 is 1.25 bits per heavy atom. The first-order valence-corrected chi connectivity index (χ1v) is 7.95. The second-order valence-corrected chi connectivity index (χ2v) is 5.87. The van der Waals surface area contributed by atoms with E-state index >= 15 is 0 Å². The van der Waals surface area contributed by atoms with Crippen LogP contribution in [0.15, 0.2) is 30.3 Å². The second kappa shape index (κ2) is 8.02. The predicted molar refractivity (Wildman–Crippen MR) is 84.5 cm³/mol. The minimum atomic E-state index is 0.679. The summed E-state index contributed by atoms with van der Waals surface area (Å²) in [5, 5.41) is 4.59. The van der Waals surface area contributed by atoms with Crippen LogP contribution in [0.25, 0.3) is 0 Å². The van der Waals surface area contributed by atoms with Gasteiger partial charge < -0.3 is 10.1 Å². The zero-order chi connectivity index (χ0) is 14.2. The van der Waals surface area contributed by atoms with Gasteiger partial charge in [-0.25, -0.2) is 4.98 Å². The number of benzene rings is 1. The third-order valence-electron chi connectivity index (χ3n) is 2.98. The van der Waals surface area contributed by atoms with E-state index < -0.39 is 0 Å². The van der Waals surface area contributed by atoms with Crippen molar-refractivity contribution in [1.29, 1.82) is 0 Å². The summed E-state index contributed by atoms with van der Waals surface area (Å²) in [6, 6.07) is 9.92. The summed E-state index contributed by atoms with van der Waals surface area (Å²) < 4.78 is 5.71. The van der Waals surface area contributed by atoms with Crippen LogP contribution in [0.4, 0.5) is 0 Å². The number of nitrogens with one attached hydrogen (secondary N) is 1. The largest absolute Gasteiger partial charge is 0.493 e. The van der Waals surface area contributed by atoms with Gasteiger partial charge in [0.25, 0.3) is 0 Å². The maximum Gasteiger partial charge on any atom is 0.119 e. The van der Waals surface area contributed by atoms with Gasteiger partial charge in [-0.3, -0.25) is 0 Å². The fraction of sp³-hybridized carbons (Fsp3) is 0.438.